The number of benzene rings is 4. The van der Waals surface area contributed by atoms with Crippen LogP contribution in [0.25, 0.3) is 10.8 Å². The number of rotatable bonds is 8. The van der Waals surface area contributed by atoms with Crippen LogP contribution in [0.1, 0.15) is 16.7 Å². The van der Waals surface area contributed by atoms with Crippen molar-refractivity contribution in [2.75, 3.05) is 0 Å². The predicted octanol–water partition coefficient (Wildman–Crippen LogP) is 5.78. The Kier molecular flexibility index (Phi) is 7.29. The van der Waals surface area contributed by atoms with Crippen molar-refractivity contribution < 1.29 is 14.5 Å². The van der Waals surface area contributed by atoms with Gasteiger partial charge in [-0.25, -0.2) is 5.43 Å². The molecule has 0 radical (unpaired) electrons. The Morgan fingerprint density at radius 1 is 0.971 bits per heavy atom. The summed E-state index contributed by atoms with van der Waals surface area (Å²) in [5, 5.41) is 16.9. The van der Waals surface area contributed by atoms with Crippen LogP contribution >= 0.6 is 15.9 Å². The summed E-state index contributed by atoms with van der Waals surface area (Å²) in [6.07, 6.45) is 1.79. The van der Waals surface area contributed by atoms with E-state index in [9.17, 15) is 14.9 Å². The zero-order valence-corrected chi connectivity index (χ0v) is 19.6. The largest absolute Gasteiger partial charge is 0.488 e. The maximum Gasteiger partial charge on any atom is 0.269 e. The molecule has 0 spiro atoms. The van der Waals surface area contributed by atoms with Crippen molar-refractivity contribution in [3.63, 3.8) is 0 Å². The van der Waals surface area contributed by atoms with Crippen LogP contribution in [0.15, 0.2) is 94.5 Å². The second-order valence-electron chi connectivity index (χ2n) is 7.51. The molecular formula is C26H20BrN3O4. The summed E-state index contributed by atoms with van der Waals surface area (Å²) in [6, 6.07) is 25.3. The third-order valence-corrected chi connectivity index (χ3v) is 5.66. The minimum atomic E-state index is -0.437. The van der Waals surface area contributed by atoms with Gasteiger partial charge in [-0.1, -0.05) is 58.4 Å². The summed E-state index contributed by atoms with van der Waals surface area (Å²) < 4.78 is 6.97. The highest BCUT2D eigenvalue weighted by atomic mass is 79.9. The van der Waals surface area contributed by atoms with Crippen LogP contribution in [-0.2, 0) is 17.8 Å². The molecule has 1 N–H and O–H groups in total. The number of nitro groups is 1. The van der Waals surface area contributed by atoms with E-state index in [1.165, 1.54) is 12.1 Å². The van der Waals surface area contributed by atoms with E-state index in [2.05, 4.69) is 26.5 Å². The van der Waals surface area contributed by atoms with Crippen molar-refractivity contribution in [2.24, 2.45) is 5.10 Å². The zero-order chi connectivity index (χ0) is 23.9. The molecule has 0 aliphatic carbocycles. The van der Waals surface area contributed by atoms with Crippen molar-refractivity contribution in [3.05, 3.63) is 116 Å². The fraction of sp³-hybridized carbons (Fsp3) is 0.0769. The van der Waals surface area contributed by atoms with Gasteiger partial charge in [0, 0.05) is 22.2 Å². The molecule has 1 amide bonds. The number of carbonyl (C=O) groups excluding carboxylic acids is 1. The highest BCUT2D eigenvalue weighted by Crippen LogP contribution is 2.27. The van der Waals surface area contributed by atoms with Gasteiger partial charge in [-0.3, -0.25) is 14.9 Å². The van der Waals surface area contributed by atoms with E-state index in [1.807, 2.05) is 60.7 Å². The second kappa shape index (κ2) is 10.7. The highest BCUT2D eigenvalue weighted by Gasteiger charge is 2.10. The van der Waals surface area contributed by atoms with Gasteiger partial charge < -0.3 is 4.74 Å². The van der Waals surface area contributed by atoms with Crippen LogP contribution in [0.4, 0.5) is 5.69 Å². The molecule has 8 heteroatoms. The Hall–Kier alpha value is -4.04. The number of hydrogen-bond acceptors (Lipinski definition) is 5. The fourth-order valence-corrected chi connectivity index (χ4v) is 3.67. The van der Waals surface area contributed by atoms with Crippen LogP contribution in [0.5, 0.6) is 5.75 Å². The lowest BCUT2D eigenvalue weighted by Crippen LogP contribution is -2.19. The molecule has 4 aromatic carbocycles. The van der Waals surface area contributed by atoms with Gasteiger partial charge in [0.05, 0.1) is 17.6 Å². The smallest absolute Gasteiger partial charge is 0.269 e. The van der Waals surface area contributed by atoms with Gasteiger partial charge in [-0.15, -0.1) is 0 Å². The van der Waals surface area contributed by atoms with Crippen LogP contribution in [0, 0.1) is 10.1 Å². The predicted molar refractivity (Wildman–Crippen MR) is 135 cm³/mol. The van der Waals surface area contributed by atoms with Crippen LogP contribution < -0.4 is 10.2 Å². The number of nitro benzene ring substituents is 1. The molecule has 0 unspecified atom stereocenters. The van der Waals surface area contributed by atoms with Gasteiger partial charge in [0.25, 0.3) is 5.69 Å². The van der Waals surface area contributed by atoms with Crippen molar-refractivity contribution >= 4 is 44.5 Å². The number of nitrogens with one attached hydrogen (secondary N) is 1. The molecule has 0 fully saturated rings. The molecule has 0 saturated carbocycles. The van der Waals surface area contributed by atoms with E-state index in [0.29, 0.717) is 5.75 Å². The average Bonchev–Trinajstić information content (AvgIpc) is 2.85. The Bertz CT molecular complexity index is 1350. The molecule has 4 aromatic rings. The van der Waals surface area contributed by atoms with E-state index >= 15 is 0 Å². The third kappa shape index (κ3) is 5.85. The number of hydrogen-bond donors (Lipinski definition) is 1. The fourth-order valence-electron chi connectivity index (χ4n) is 3.41. The lowest BCUT2D eigenvalue weighted by atomic mass is 10.0. The Balaban J connectivity index is 1.50. The second-order valence-corrected chi connectivity index (χ2v) is 8.42. The summed E-state index contributed by atoms with van der Waals surface area (Å²) in [4.78, 5) is 22.7. The number of nitrogens with zero attached hydrogens (tertiary/aromatic N) is 2. The Morgan fingerprint density at radius 2 is 1.68 bits per heavy atom. The molecule has 0 aliphatic rings. The van der Waals surface area contributed by atoms with Gasteiger partial charge in [0.2, 0.25) is 5.91 Å². The first-order valence-electron chi connectivity index (χ1n) is 10.4. The number of amides is 1. The molecule has 4 rings (SSSR count). The van der Waals surface area contributed by atoms with E-state index in [-0.39, 0.29) is 24.6 Å². The van der Waals surface area contributed by atoms with Crippen LogP contribution in [-0.4, -0.2) is 17.0 Å². The van der Waals surface area contributed by atoms with Gasteiger partial charge in [0.1, 0.15) is 12.4 Å². The van der Waals surface area contributed by atoms with E-state index < -0.39 is 4.92 Å². The first kappa shape index (κ1) is 23.1. The molecule has 0 aliphatic heterocycles. The standard InChI is InChI=1S/C26H20BrN3O4/c27-21-10-5-18(6-11-21)15-26(31)29-28-16-24-23-4-2-1-3-20(23)9-14-25(24)34-17-19-7-12-22(13-8-19)30(32)33/h1-14,16H,15,17H2,(H,29,31)/b28-16+. The molecule has 7 nitrogen and oxygen atoms in total. The van der Waals surface area contributed by atoms with E-state index in [4.69, 9.17) is 4.74 Å². The maximum absolute atomic E-state index is 12.3. The summed E-state index contributed by atoms with van der Waals surface area (Å²) in [5.41, 5.74) is 5.01. The molecule has 0 bridgehead atoms. The van der Waals surface area contributed by atoms with E-state index in [0.717, 1.165) is 31.9 Å². The summed E-state index contributed by atoms with van der Waals surface area (Å²) in [5.74, 6) is 0.357. The molecule has 0 aromatic heterocycles. The normalized spacial score (nSPS) is 11.0. The van der Waals surface area contributed by atoms with Gasteiger partial charge in [0.15, 0.2) is 0 Å². The number of halogens is 1. The lowest BCUT2D eigenvalue weighted by Gasteiger charge is -2.12. The summed E-state index contributed by atoms with van der Waals surface area (Å²) in [7, 11) is 0. The first-order chi connectivity index (χ1) is 16.5. The SMILES string of the molecule is O=C(Cc1ccc(Br)cc1)N/N=C/c1c(OCc2ccc([N+](=O)[O-])cc2)ccc2ccccc12. The zero-order valence-electron chi connectivity index (χ0n) is 18.0. The number of fused-ring (bicyclic) bond motifs is 1. The number of carbonyl (C=O) groups is 1. The quantitative estimate of drug-likeness (QED) is 0.182. The maximum atomic E-state index is 12.3. The van der Waals surface area contributed by atoms with E-state index in [1.54, 1.807) is 18.3 Å². The number of hydrazone groups is 1. The number of non-ortho nitro benzene ring substituents is 1. The molecule has 170 valence electrons. The lowest BCUT2D eigenvalue weighted by molar-refractivity contribution is -0.384. The summed E-state index contributed by atoms with van der Waals surface area (Å²) >= 11 is 3.38. The average molecular weight is 518 g/mol. The minimum absolute atomic E-state index is 0.0288. The highest BCUT2D eigenvalue weighted by molar-refractivity contribution is 9.10. The molecule has 0 heterocycles. The van der Waals surface area contributed by atoms with Crippen molar-refractivity contribution in [3.8, 4) is 5.75 Å². The summed E-state index contributed by atoms with van der Waals surface area (Å²) in [6.45, 7) is 0.229. The third-order valence-electron chi connectivity index (χ3n) is 5.13. The van der Waals surface area contributed by atoms with Crippen molar-refractivity contribution in [1.82, 2.24) is 5.43 Å². The monoisotopic (exact) mass is 517 g/mol. The van der Waals surface area contributed by atoms with Gasteiger partial charge in [-0.05, 0) is 52.2 Å². The van der Waals surface area contributed by atoms with Gasteiger partial charge >= 0.3 is 0 Å². The molecule has 0 saturated heterocycles. The van der Waals surface area contributed by atoms with Crippen molar-refractivity contribution in [2.45, 2.75) is 13.0 Å². The molecular weight excluding hydrogens is 498 g/mol. The van der Waals surface area contributed by atoms with Gasteiger partial charge in [-0.2, -0.15) is 5.10 Å². The Morgan fingerprint density at radius 3 is 2.41 bits per heavy atom. The topological polar surface area (TPSA) is 93.8 Å². The molecule has 0 atom stereocenters. The van der Waals surface area contributed by atoms with Crippen molar-refractivity contribution in [1.29, 1.82) is 0 Å². The molecule has 34 heavy (non-hydrogen) atoms. The first-order valence-corrected chi connectivity index (χ1v) is 11.2. The van der Waals surface area contributed by atoms with Crippen LogP contribution in [0.2, 0.25) is 0 Å². The van der Waals surface area contributed by atoms with Crippen LogP contribution in [0.3, 0.4) is 0 Å². The minimum Gasteiger partial charge on any atom is -0.488 e. The number of ether oxygens (including phenoxy) is 1. The Labute approximate surface area is 204 Å².